The summed E-state index contributed by atoms with van der Waals surface area (Å²) in [6.45, 7) is 0.772. The van der Waals surface area contributed by atoms with Gasteiger partial charge < -0.3 is 19.9 Å². The summed E-state index contributed by atoms with van der Waals surface area (Å²) in [5, 5.41) is 12.1. The molecule has 0 aliphatic carbocycles. The van der Waals surface area contributed by atoms with Crippen LogP contribution in [0.25, 0.3) is 0 Å². The highest BCUT2D eigenvalue weighted by Crippen LogP contribution is 2.21. The summed E-state index contributed by atoms with van der Waals surface area (Å²) in [5.74, 6) is 0.572. The molecule has 0 unspecified atom stereocenters. The Morgan fingerprint density at radius 3 is 2.96 bits per heavy atom. The standard InChI is InChI=1S/C15H15BrN4O3/c1-19-8-10(16)6-12(14(19)21)18-13-3-2-9-7-20(15(22)23)5-4-11(9)17-13/h2-3,6,8H,4-5,7H2,1H3,(H,17,18)(H,22,23). The number of fused-ring (bicyclic) bond motifs is 1. The molecule has 1 amide bonds. The van der Waals surface area contributed by atoms with Gasteiger partial charge in [-0.15, -0.1) is 0 Å². The van der Waals surface area contributed by atoms with E-state index in [4.69, 9.17) is 5.11 Å². The van der Waals surface area contributed by atoms with Crippen LogP contribution in [0.5, 0.6) is 0 Å². The number of aryl methyl sites for hydroxylation is 1. The maximum atomic E-state index is 12.1. The van der Waals surface area contributed by atoms with Crippen LogP contribution in [0, 0.1) is 0 Å². The van der Waals surface area contributed by atoms with Crippen LogP contribution in [-0.4, -0.2) is 32.2 Å². The number of aromatic nitrogens is 2. The molecule has 2 N–H and O–H groups in total. The van der Waals surface area contributed by atoms with E-state index in [1.807, 2.05) is 6.07 Å². The Bertz CT molecular complexity index is 834. The summed E-state index contributed by atoms with van der Waals surface area (Å²) >= 11 is 3.36. The van der Waals surface area contributed by atoms with E-state index in [2.05, 4.69) is 26.2 Å². The first-order chi connectivity index (χ1) is 10.9. The highest BCUT2D eigenvalue weighted by molar-refractivity contribution is 9.10. The van der Waals surface area contributed by atoms with Crippen LogP contribution in [0.4, 0.5) is 16.3 Å². The zero-order valence-electron chi connectivity index (χ0n) is 12.4. The van der Waals surface area contributed by atoms with Crippen LogP contribution < -0.4 is 10.9 Å². The van der Waals surface area contributed by atoms with Crippen molar-refractivity contribution in [2.24, 2.45) is 7.05 Å². The van der Waals surface area contributed by atoms with E-state index in [0.29, 0.717) is 31.0 Å². The molecule has 2 aromatic rings. The lowest BCUT2D eigenvalue weighted by atomic mass is 10.1. The number of carbonyl (C=O) groups is 1. The molecule has 8 heteroatoms. The van der Waals surface area contributed by atoms with Crippen LogP contribution in [0.3, 0.4) is 0 Å². The van der Waals surface area contributed by atoms with Gasteiger partial charge in [0, 0.05) is 36.4 Å². The Morgan fingerprint density at radius 1 is 1.43 bits per heavy atom. The molecule has 7 nitrogen and oxygen atoms in total. The van der Waals surface area contributed by atoms with Gasteiger partial charge in [0.05, 0.1) is 6.54 Å². The fourth-order valence-corrected chi connectivity index (χ4v) is 3.08. The largest absolute Gasteiger partial charge is 0.465 e. The SMILES string of the molecule is Cn1cc(Br)cc(Nc2ccc3c(n2)CCN(C(=O)O)C3)c1=O. The second kappa shape index (κ2) is 6.04. The normalized spacial score (nSPS) is 13.6. The van der Waals surface area contributed by atoms with E-state index in [1.54, 1.807) is 25.4 Å². The minimum Gasteiger partial charge on any atom is -0.465 e. The van der Waals surface area contributed by atoms with Crippen molar-refractivity contribution in [2.45, 2.75) is 13.0 Å². The first kappa shape index (κ1) is 15.5. The lowest BCUT2D eigenvalue weighted by molar-refractivity contribution is 0.139. The third kappa shape index (κ3) is 3.21. The van der Waals surface area contributed by atoms with E-state index in [1.165, 1.54) is 9.47 Å². The predicted molar refractivity (Wildman–Crippen MR) is 89.0 cm³/mol. The van der Waals surface area contributed by atoms with Crippen molar-refractivity contribution in [2.75, 3.05) is 11.9 Å². The van der Waals surface area contributed by atoms with Gasteiger partial charge in [0.25, 0.3) is 5.56 Å². The molecule has 0 aromatic carbocycles. The first-order valence-electron chi connectivity index (χ1n) is 7.04. The lowest BCUT2D eigenvalue weighted by Crippen LogP contribution is -2.35. The van der Waals surface area contributed by atoms with E-state index in [0.717, 1.165) is 15.7 Å². The quantitative estimate of drug-likeness (QED) is 0.836. The topological polar surface area (TPSA) is 87.5 Å². The summed E-state index contributed by atoms with van der Waals surface area (Å²) in [7, 11) is 1.68. The third-order valence-corrected chi connectivity index (χ3v) is 4.17. The lowest BCUT2D eigenvalue weighted by Gasteiger charge is -2.25. The van der Waals surface area contributed by atoms with Crippen molar-refractivity contribution in [1.82, 2.24) is 14.5 Å². The molecule has 23 heavy (non-hydrogen) atoms. The van der Waals surface area contributed by atoms with Crippen molar-refractivity contribution in [3.63, 3.8) is 0 Å². The molecule has 120 valence electrons. The number of nitrogens with one attached hydrogen (secondary N) is 1. The molecule has 0 saturated heterocycles. The molecule has 1 aliphatic heterocycles. The van der Waals surface area contributed by atoms with Gasteiger partial charge in [-0.05, 0) is 33.6 Å². The average molecular weight is 379 g/mol. The molecule has 0 bridgehead atoms. The number of rotatable bonds is 2. The monoisotopic (exact) mass is 378 g/mol. The van der Waals surface area contributed by atoms with Gasteiger partial charge in [0.2, 0.25) is 0 Å². The number of nitrogens with zero attached hydrogens (tertiary/aromatic N) is 3. The number of amides is 1. The molecule has 0 fully saturated rings. The number of carboxylic acid groups (broad SMARTS) is 1. The molecular formula is C15H15BrN4O3. The Labute approximate surface area is 140 Å². The number of hydrogen-bond acceptors (Lipinski definition) is 4. The number of hydrogen-bond donors (Lipinski definition) is 2. The zero-order valence-corrected chi connectivity index (χ0v) is 14.0. The van der Waals surface area contributed by atoms with E-state index < -0.39 is 6.09 Å². The minimum atomic E-state index is -0.921. The number of pyridine rings is 2. The fraction of sp³-hybridized carbons (Fsp3) is 0.267. The molecule has 0 atom stereocenters. The van der Waals surface area contributed by atoms with Crippen molar-refractivity contribution >= 4 is 33.5 Å². The van der Waals surface area contributed by atoms with Gasteiger partial charge in [-0.25, -0.2) is 9.78 Å². The van der Waals surface area contributed by atoms with Crippen LogP contribution in [-0.2, 0) is 20.0 Å². The molecule has 3 heterocycles. The average Bonchev–Trinajstić information content (AvgIpc) is 2.51. The molecule has 0 radical (unpaired) electrons. The van der Waals surface area contributed by atoms with Crippen LogP contribution in [0.1, 0.15) is 11.3 Å². The Morgan fingerprint density at radius 2 is 2.22 bits per heavy atom. The van der Waals surface area contributed by atoms with Crippen molar-refractivity contribution in [3.8, 4) is 0 Å². The van der Waals surface area contributed by atoms with Crippen molar-refractivity contribution in [1.29, 1.82) is 0 Å². The molecule has 0 saturated carbocycles. The van der Waals surface area contributed by atoms with E-state index >= 15 is 0 Å². The maximum absolute atomic E-state index is 12.1. The molecule has 2 aromatic heterocycles. The number of anilines is 2. The molecule has 3 rings (SSSR count). The summed E-state index contributed by atoms with van der Waals surface area (Å²) in [4.78, 5) is 29.0. The van der Waals surface area contributed by atoms with Gasteiger partial charge in [0.15, 0.2) is 0 Å². The molecule has 0 spiro atoms. The van der Waals surface area contributed by atoms with Gasteiger partial charge in [0.1, 0.15) is 11.5 Å². The fourth-order valence-electron chi connectivity index (χ4n) is 2.55. The van der Waals surface area contributed by atoms with Crippen LogP contribution in [0.15, 0.2) is 33.7 Å². The highest BCUT2D eigenvalue weighted by Gasteiger charge is 2.21. The Kier molecular flexibility index (Phi) is 4.08. The summed E-state index contributed by atoms with van der Waals surface area (Å²) in [6.07, 6.45) is 1.33. The van der Waals surface area contributed by atoms with Crippen LogP contribution in [0.2, 0.25) is 0 Å². The van der Waals surface area contributed by atoms with Crippen molar-refractivity contribution in [3.05, 3.63) is 50.5 Å². The highest BCUT2D eigenvalue weighted by atomic mass is 79.9. The summed E-state index contributed by atoms with van der Waals surface area (Å²) < 4.78 is 2.27. The van der Waals surface area contributed by atoms with E-state index in [9.17, 15) is 9.59 Å². The molecular weight excluding hydrogens is 364 g/mol. The van der Waals surface area contributed by atoms with Gasteiger partial charge >= 0.3 is 6.09 Å². The van der Waals surface area contributed by atoms with Crippen LogP contribution >= 0.6 is 15.9 Å². The van der Waals surface area contributed by atoms with Gasteiger partial charge in [-0.2, -0.15) is 0 Å². The minimum absolute atomic E-state index is 0.148. The zero-order chi connectivity index (χ0) is 16.6. The predicted octanol–water partition coefficient (Wildman–Crippen LogP) is 2.32. The van der Waals surface area contributed by atoms with Gasteiger partial charge in [-0.3, -0.25) is 4.79 Å². The van der Waals surface area contributed by atoms with E-state index in [-0.39, 0.29) is 5.56 Å². The second-order valence-electron chi connectivity index (χ2n) is 5.37. The van der Waals surface area contributed by atoms with Crippen molar-refractivity contribution < 1.29 is 9.90 Å². The smallest absolute Gasteiger partial charge is 0.407 e. The third-order valence-electron chi connectivity index (χ3n) is 3.73. The molecule has 1 aliphatic rings. The first-order valence-corrected chi connectivity index (χ1v) is 7.83. The summed E-state index contributed by atoms with van der Waals surface area (Å²) in [6, 6.07) is 5.31. The second-order valence-corrected chi connectivity index (χ2v) is 6.29. The Balaban J connectivity index is 1.87. The Hall–Kier alpha value is -2.35. The maximum Gasteiger partial charge on any atom is 0.407 e. The number of halogens is 1. The van der Waals surface area contributed by atoms with Gasteiger partial charge in [-0.1, -0.05) is 6.07 Å². The summed E-state index contributed by atoms with van der Waals surface area (Å²) in [5.41, 5.74) is 2.03.